The Labute approximate surface area is 126 Å². The first kappa shape index (κ1) is 16.4. The summed E-state index contributed by atoms with van der Waals surface area (Å²) in [6, 6.07) is 0. The second-order valence-corrected chi connectivity index (χ2v) is 6.53. The van der Waals surface area contributed by atoms with Gasteiger partial charge in [0.05, 0.1) is 0 Å². The van der Waals surface area contributed by atoms with Gasteiger partial charge in [-0.05, 0) is 24.8 Å². The Hall–Kier alpha value is -0.980. The summed E-state index contributed by atoms with van der Waals surface area (Å²) in [5, 5.41) is 4.14. The molecule has 0 amide bonds. The van der Waals surface area contributed by atoms with Gasteiger partial charge in [-0.2, -0.15) is 4.98 Å². The van der Waals surface area contributed by atoms with E-state index in [1.807, 2.05) is 0 Å². The van der Waals surface area contributed by atoms with Crippen LogP contribution in [0.25, 0.3) is 0 Å². The third-order valence-electron chi connectivity index (χ3n) is 4.40. The van der Waals surface area contributed by atoms with Crippen LogP contribution in [-0.4, -0.2) is 37.0 Å². The van der Waals surface area contributed by atoms with Crippen LogP contribution in [0.4, 0.5) is 0 Å². The van der Waals surface area contributed by atoms with Crippen LogP contribution in [0.5, 0.6) is 0 Å². The molecular formula is C15H27N3O3. The van der Waals surface area contributed by atoms with E-state index in [1.54, 1.807) is 7.11 Å². The fourth-order valence-corrected chi connectivity index (χ4v) is 2.72. The molecule has 1 aliphatic rings. The molecule has 6 nitrogen and oxygen atoms in total. The predicted octanol–water partition coefficient (Wildman–Crippen LogP) is 2.03. The van der Waals surface area contributed by atoms with E-state index in [0.717, 1.165) is 32.1 Å². The van der Waals surface area contributed by atoms with Gasteiger partial charge in [0.15, 0.2) is 0 Å². The number of methoxy groups -OCH3 is 1. The quantitative estimate of drug-likeness (QED) is 0.829. The molecule has 1 aliphatic heterocycles. The van der Waals surface area contributed by atoms with Crippen LogP contribution in [0.3, 0.4) is 0 Å². The minimum atomic E-state index is -0.452. The van der Waals surface area contributed by atoms with E-state index in [-0.39, 0.29) is 5.41 Å². The van der Waals surface area contributed by atoms with Gasteiger partial charge in [-0.3, -0.25) is 0 Å². The Morgan fingerprint density at radius 3 is 2.62 bits per heavy atom. The van der Waals surface area contributed by atoms with Crippen molar-refractivity contribution < 1.29 is 14.0 Å². The smallest absolute Gasteiger partial charge is 0.226 e. The highest BCUT2D eigenvalue weighted by Crippen LogP contribution is 2.34. The topological polar surface area (TPSA) is 83.4 Å². The summed E-state index contributed by atoms with van der Waals surface area (Å²) in [6.45, 7) is 6.47. The maximum Gasteiger partial charge on any atom is 0.226 e. The fourth-order valence-electron chi connectivity index (χ4n) is 2.72. The zero-order valence-corrected chi connectivity index (χ0v) is 13.4. The Bertz CT molecular complexity index is 439. The predicted molar refractivity (Wildman–Crippen MR) is 78.8 cm³/mol. The maximum atomic E-state index is 5.68. The Morgan fingerprint density at radius 2 is 2.00 bits per heavy atom. The molecule has 0 atom stereocenters. The van der Waals surface area contributed by atoms with Gasteiger partial charge in [-0.25, -0.2) is 0 Å². The SMILES string of the molecule is COC1(c2noc(CCC(C)(C)CCN)n2)CCOCC1. The van der Waals surface area contributed by atoms with Crippen molar-refractivity contribution >= 4 is 0 Å². The first-order chi connectivity index (χ1) is 10.0. The van der Waals surface area contributed by atoms with E-state index in [9.17, 15) is 0 Å². The molecule has 0 radical (unpaired) electrons. The summed E-state index contributed by atoms with van der Waals surface area (Å²) < 4.78 is 16.5. The van der Waals surface area contributed by atoms with Gasteiger partial charge >= 0.3 is 0 Å². The zero-order chi connectivity index (χ0) is 15.3. The van der Waals surface area contributed by atoms with Crippen LogP contribution in [0.1, 0.15) is 51.2 Å². The monoisotopic (exact) mass is 297 g/mol. The summed E-state index contributed by atoms with van der Waals surface area (Å²) in [5.74, 6) is 1.33. The number of ether oxygens (including phenoxy) is 2. The van der Waals surface area contributed by atoms with Crippen LogP contribution >= 0.6 is 0 Å². The number of hydrogen-bond donors (Lipinski definition) is 1. The molecule has 0 aromatic carbocycles. The molecule has 2 N–H and O–H groups in total. The number of nitrogens with two attached hydrogens (primary N) is 1. The van der Waals surface area contributed by atoms with Gasteiger partial charge in [-0.15, -0.1) is 0 Å². The van der Waals surface area contributed by atoms with E-state index in [1.165, 1.54) is 0 Å². The molecule has 0 spiro atoms. The molecule has 1 aromatic heterocycles. The van der Waals surface area contributed by atoms with Crippen LogP contribution in [-0.2, 0) is 21.5 Å². The van der Waals surface area contributed by atoms with Crippen LogP contribution in [0, 0.1) is 5.41 Å². The Balaban J connectivity index is 2.00. The van der Waals surface area contributed by atoms with Crippen LogP contribution < -0.4 is 5.73 Å². The molecular weight excluding hydrogens is 270 g/mol. The molecule has 0 bridgehead atoms. The third kappa shape index (κ3) is 4.02. The average molecular weight is 297 g/mol. The van der Waals surface area contributed by atoms with E-state index in [0.29, 0.717) is 31.5 Å². The molecule has 0 unspecified atom stereocenters. The minimum absolute atomic E-state index is 0.195. The summed E-state index contributed by atoms with van der Waals surface area (Å²) in [5.41, 5.74) is 5.38. The normalized spacial score (nSPS) is 18.9. The molecule has 2 rings (SSSR count). The molecule has 0 saturated carbocycles. The number of aromatic nitrogens is 2. The van der Waals surface area contributed by atoms with Crippen molar-refractivity contribution in [3.63, 3.8) is 0 Å². The largest absolute Gasteiger partial charge is 0.381 e. The molecule has 1 aromatic rings. The van der Waals surface area contributed by atoms with E-state index in [4.69, 9.17) is 19.7 Å². The zero-order valence-electron chi connectivity index (χ0n) is 13.4. The van der Waals surface area contributed by atoms with Crippen molar-refractivity contribution in [1.29, 1.82) is 0 Å². The fraction of sp³-hybridized carbons (Fsp3) is 0.867. The van der Waals surface area contributed by atoms with Gasteiger partial charge in [0.1, 0.15) is 5.60 Å². The van der Waals surface area contributed by atoms with Crippen molar-refractivity contribution in [1.82, 2.24) is 10.1 Å². The second-order valence-electron chi connectivity index (χ2n) is 6.53. The molecule has 120 valence electrons. The van der Waals surface area contributed by atoms with Crippen LogP contribution in [0.2, 0.25) is 0 Å². The van der Waals surface area contributed by atoms with Crippen molar-refractivity contribution in [3.8, 4) is 0 Å². The lowest BCUT2D eigenvalue weighted by Gasteiger charge is -2.32. The lowest BCUT2D eigenvalue weighted by atomic mass is 9.84. The van der Waals surface area contributed by atoms with Crippen molar-refractivity contribution in [2.24, 2.45) is 11.1 Å². The minimum Gasteiger partial charge on any atom is -0.381 e. The Kier molecular flexibility index (Phi) is 5.35. The first-order valence-electron chi connectivity index (χ1n) is 7.67. The van der Waals surface area contributed by atoms with Gasteiger partial charge in [-0.1, -0.05) is 19.0 Å². The molecule has 6 heteroatoms. The highest BCUT2D eigenvalue weighted by atomic mass is 16.5. The first-order valence-corrected chi connectivity index (χ1v) is 7.67. The van der Waals surface area contributed by atoms with E-state index < -0.39 is 5.60 Å². The van der Waals surface area contributed by atoms with E-state index in [2.05, 4.69) is 24.0 Å². The summed E-state index contributed by atoms with van der Waals surface area (Å²) >= 11 is 0. The number of aryl methyl sites for hydroxylation is 1. The van der Waals surface area contributed by atoms with E-state index >= 15 is 0 Å². The average Bonchev–Trinajstić information content (AvgIpc) is 2.95. The molecule has 21 heavy (non-hydrogen) atoms. The van der Waals surface area contributed by atoms with Gasteiger partial charge in [0.25, 0.3) is 0 Å². The van der Waals surface area contributed by atoms with Gasteiger partial charge in [0.2, 0.25) is 11.7 Å². The molecule has 1 fully saturated rings. The van der Waals surface area contributed by atoms with Crippen molar-refractivity contribution in [3.05, 3.63) is 11.7 Å². The highest BCUT2D eigenvalue weighted by Gasteiger charge is 2.39. The second kappa shape index (κ2) is 6.85. The summed E-state index contributed by atoms with van der Waals surface area (Å²) in [7, 11) is 1.70. The lowest BCUT2D eigenvalue weighted by Crippen LogP contribution is -2.36. The van der Waals surface area contributed by atoms with Crippen LogP contribution in [0.15, 0.2) is 4.52 Å². The molecule has 0 aliphatic carbocycles. The van der Waals surface area contributed by atoms with Gasteiger partial charge < -0.3 is 19.7 Å². The number of rotatable bonds is 7. The lowest BCUT2D eigenvalue weighted by molar-refractivity contribution is -0.101. The molecule has 2 heterocycles. The van der Waals surface area contributed by atoms with Crippen molar-refractivity contribution in [2.75, 3.05) is 26.9 Å². The van der Waals surface area contributed by atoms with Gasteiger partial charge in [0, 0.05) is 39.6 Å². The Morgan fingerprint density at radius 1 is 1.29 bits per heavy atom. The third-order valence-corrected chi connectivity index (χ3v) is 4.40. The van der Waals surface area contributed by atoms with Crippen molar-refractivity contribution in [2.45, 2.75) is 51.6 Å². The highest BCUT2D eigenvalue weighted by molar-refractivity contribution is 5.03. The summed E-state index contributed by atoms with van der Waals surface area (Å²) in [4.78, 5) is 4.55. The summed E-state index contributed by atoms with van der Waals surface area (Å²) in [6.07, 6.45) is 4.28. The maximum absolute atomic E-state index is 5.68. The number of hydrogen-bond acceptors (Lipinski definition) is 6. The molecule has 1 saturated heterocycles. The number of nitrogens with zero attached hydrogens (tertiary/aromatic N) is 2. The standard InChI is InChI=1S/C15H27N3O3/c1-14(2,6-9-16)5-4-12-17-13(18-21-12)15(19-3)7-10-20-11-8-15/h4-11,16H2,1-3H3.